The third kappa shape index (κ3) is 7.90. The zero-order valence-corrected chi connectivity index (χ0v) is 26.3. The summed E-state index contributed by atoms with van der Waals surface area (Å²) in [6.07, 6.45) is 17.0. The van der Waals surface area contributed by atoms with Gasteiger partial charge in [0.05, 0.1) is 5.41 Å². The molecule has 2 aromatic rings. The quantitative estimate of drug-likeness (QED) is 0.235. The zero-order chi connectivity index (χ0) is 31.0. The minimum Gasteiger partial charge on any atom is -0.481 e. The number of pyridine rings is 1. The summed E-state index contributed by atoms with van der Waals surface area (Å²) >= 11 is 0. The summed E-state index contributed by atoms with van der Waals surface area (Å²) in [5.41, 5.74) is 4.14. The summed E-state index contributed by atoms with van der Waals surface area (Å²) in [5.74, 6) is 0.886. The first kappa shape index (κ1) is 32.6. The molecule has 0 saturated heterocycles. The molecule has 1 amide bonds. The lowest BCUT2D eigenvalue weighted by atomic mass is 9.85. The minimum atomic E-state index is -0.995. The molecule has 0 aromatic carbocycles. The SMILES string of the molecule is CC=C(NC(=O)c1oc2c(c1C)CC(C(C=CCC)=CC)C=C2)C(C)CC(C)c1ccc(OCC(C)(C)C(=O)O)nc1. The van der Waals surface area contributed by atoms with E-state index in [1.807, 2.05) is 32.1 Å². The lowest BCUT2D eigenvalue weighted by Crippen LogP contribution is -2.30. The minimum absolute atomic E-state index is 0.0355. The van der Waals surface area contributed by atoms with Crippen molar-refractivity contribution in [2.24, 2.45) is 17.3 Å². The third-order valence-electron chi connectivity index (χ3n) is 8.02. The van der Waals surface area contributed by atoms with Gasteiger partial charge < -0.3 is 19.6 Å². The Balaban J connectivity index is 1.63. The van der Waals surface area contributed by atoms with Crippen LogP contribution in [0.3, 0.4) is 0 Å². The second kappa shape index (κ2) is 14.3. The Hall–Kier alpha value is -3.87. The van der Waals surface area contributed by atoms with E-state index in [9.17, 15) is 14.7 Å². The van der Waals surface area contributed by atoms with Crippen LogP contribution >= 0.6 is 0 Å². The van der Waals surface area contributed by atoms with E-state index in [0.29, 0.717) is 11.6 Å². The number of ether oxygens (including phenoxy) is 1. The highest BCUT2D eigenvalue weighted by Gasteiger charge is 2.29. The topological polar surface area (TPSA) is 102 Å². The largest absolute Gasteiger partial charge is 0.481 e. The number of nitrogens with one attached hydrogen (secondary N) is 1. The lowest BCUT2D eigenvalue weighted by Gasteiger charge is -2.21. The molecule has 3 rings (SSSR count). The number of aromatic nitrogens is 1. The van der Waals surface area contributed by atoms with Gasteiger partial charge in [0, 0.05) is 35.0 Å². The van der Waals surface area contributed by atoms with Crippen LogP contribution in [0.25, 0.3) is 6.08 Å². The van der Waals surface area contributed by atoms with Crippen LogP contribution in [0.5, 0.6) is 5.88 Å². The fraction of sp³-hybridized carbons (Fsp3) is 0.457. The fourth-order valence-corrected chi connectivity index (χ4v) is 5.13. The second-order valence-electron chi connectivity index (χ2n) is 11.8. The maximum atomic E-state index is 13.4. The average Bonchev–Trinajstić information content (AvgIpc) is 3.31. The molecule has 0 saturated carbocycles. The fourth-order valence-electron chi connectivity index (χ4n) is 5.13. The Morgan fingerprint density at radius 2 is 1.98 bits per heavy atom. The van der Waals surface area contributed by atoms with Gasteiger partial charge in [0.2, 0.25) is 5.88 Å². The van der Waals surface area contributed by atoms with Crippen molar-refractivity contribution < 1.29 is 23.8 Å². The van der Waals surface area contributed by atoms with Crippen molar-refractivity contribution >= 4 is 18.0 Å². The maximum absolute atomic E-state index is 13.4. The molecule has 1 aliphatic rings. The number of hydrogen-bond donors (Lipinski definition) is 2. The molecule has 3 atom stereocenters. The van der Waals surface area contributed by atoms with E-state index in [1.165, 1.54) is 5.57 Å². The van der Waals surface area contributed by atoms with Gasteiger partial charge in [-0.05, 0) is 82.9 Å². The standard InChI is InChI=1S/C35H46N2O5/c1-9-12-13-25(10-2)26-14-16-30-28(19-26)24(6)32(42-30)33(38)37-29(11-3)23(5)18-22(4)27-15-17-31(36-20-27)41-21-35(7,8)34(39)40/h10-17,20,22-23,26H,9,18-19,21H2,1-8H3,(H,37,38)(H,39,40). The van der Waals surface area contributed by atoms with Gasteiger partial charge in [-0.25, -0.2) is 4.98 Å². The second-order valence-corrected chi connectivity index (χ2v) is 11.8. The van der Waals surface area contributed by atoms with Crippen LogP contribution < -0.4 is 10.1 Å². The smallest absolute Gasteiger partial charge is 0.312 e. The number of carboxylic acids is 1. The Labute approximate surface area is 250 Å². The highest BCUT2D eigenvalue weighted by Crippen LogP contribution is 2.34. The van der Waals surface area contributed by atoms with Gasteiger partial charge in [-0.1, -0.05) is 57.2 Å². The molecule has 42 heavy (non-hydrogen) atoms. The predicted molar refractivity (Wildman–Crippen MR) is 167 cm³/mol. The van der Waals surface area contributed by atoms with E-state index in [2.05, 4.69) is 62.3 Å². The number of furan rings is 1. The number of hydrogen-bond acceptors (Lipinski definition) is 5. The van der Waals surface area contributed by atoms with Gasteiger partial charge in [0.15, 0.2) is 5.76 Å². The van der Waals surface area contributed by atoms with Crippen molar-refractivity contribution in [1.82, 2.24) is 10.3 Å². The van der Waals surface area contributed by atoms with E-state index in [1.54, 1.807) is 26.1 Å². The van der Waals surface area contributed by atoms with Crippen molar-refractivity contribution in [2.75, 3.05) is 6.61 Å². The summed E-state index contributed by atoms with van der Waals surface area (Å²) in [5, 5.41) is 12.4. The summed E-state index contributed by atoms with van der Waals surface area (Å²) in [4.78, 5) is 29.1. The van der Waals surface area contributed by atoms with Crippen molar-refractivity contribution in [3.05, 3.63) is 88.2 Å². The van der Waals surface area contributed by atoms with Crippen LogP contribution in [0.1, 0.15) is 100 Å². The molecule has 2 heterocycles. The number of carboxylic acid groups (broad SMARTS) is 1. The van der Waals surface area contributed by atoms with Crippen LogP contribution in [-0.2, 0) is 11.2 Å². The number of allylic oxidation sites excluding steroid dienone is 7. The van der Waals surface area contributed by atoms with Gasteiger partial charge in [-0.2, -0.15) is 0 Å². The van der Waals surface area contributed by atoms with E-state index in [4.69, 9.17) is 9.15 Å². The molecule has 0 radical (unpaired) electrons. The van der Waals surface area contributed by atoms with Crippen molar-refractivity contribution in [1.29, 1.82) is 0 Å². The third-order valence-corrected chi connectivity index (χ3v) is 8.02. The number of carbonyl (C=O) groups is 2. The molecule has 1 aliphatic carbocycles. The van der Waals surface area contributed by atoms with Crippen LogP contribution in [-0.4, -0.2) is 28.6 Å². The molecule has 7 nitrogen and oxygen atoms in total. The van der Waals surface area contributed by atoms with Crippen LogP contribution in [0.15, 0.2) is 64.4 Å². The highest BCUT2D eigenvalue weighted by atomic mass is 16.5. The Bertz CT molecular complexity index is 1370. The molecule has 7 heteroatoms. The summed E-state index contributed by atoms with van der Waals surface area (Å²) in [6, 6.07) is 3.72. The molecular weight excluding hydrogens is 528 g/mol. The molecule has 2 aromatic heterocycles. The monoisotopic (exact) mass is 574 g/mol. The number of carbonyl (C=O) groups excluding carboxylic acids is 1. The molecule has 226 valence electrons. The Kier molecular flexibility index (Phi) is 11.1. The molecule has 2 N–H and O–H groups in total. The van der Waals surface area contributed by atoms with Gasteiger partial charge in [0.25, 0.3) is 5.91 Å². The van der Waals surface area contributed by atoms with E-state index in [0.717, 1.165) is 47.4 Å². The first-order chi connectivity index (χ1) is 19.9. The zero-order valence-electron chi connectivity index (χ0n) is 26.3. The van der Waals surface area contributed by atoms with Crippen molar-refractivity contribution in [2.45, 2.75) is 80.6 Å². The number of aliphatic carboxylic acids is 1. The molecule has 0 fully saturated rings. The van der Waals surface area contributed by atoms with Crippen molar-refractivity contribution in [3.8, 4) is 5.88 Å². The Morgan fingerprint density at radius 3 is 2.57 bits per heavy atom. The van der Waals surface area contributed by atoms with Crippen LogP contribution in [0.2, 0.25) is 0 Å². The maximum Gasteiger partial charge on any atom is 0.312 e. The highest BCUT2D eigenvalue weighted by molar-refractivity contribution is 5.95. The van der Waals surface area contributed by atoms with Crippen LogP contribution in [0, 0.1) is 24.2 Å². The molecule has 0 aliphatic heterocycles. The molecular formula is C35H46N2O5. The number of fused-ring (bicyclic) bond motifs is 1. The van der Waals surface area contributed by atoms with Gasteiger partial charge in [-0.3, -0.25) is 9.59 Å². The molecule has 0 spiro atoms. The summed E-state index contributed by atoms with van der Waals surface area (Å²) in [6.45, 7) is 15.6. The van der Waals surface area contributed by atoms with Gasteiger partial charge in [0.1, 0.15) is 12.4 Å². The molecule has 3 unspecified atom stereocenters. The van der Waals surface area contributed by atoms with Gasteiger partial charge in [-0.15, -0.1) is 0 Å². The van der Waals surface area contributed by atoms with E-state index < -0.39 is 11.4 Å². The van der Waals surface area contributed by atoms with Gasteiger partial charge >= 0.3 is 5.97 Å². The van der Waals surface area contributed by atoms with Crippen molar-refractivity contribution in [3.63, 3.8) is 0 Å². The van der Waals surface area contributed by atoms with Crippen LogP contribution in [0.4, 0.5) is 0 Å². The number of nitrogens with zero attached hydrogens (tertiary/aromatic N) is 1. The first-order valence-corrected chi connectivity index (χ1v) is 14.8. The predicted octanol–water partition coefficient (Wildman–Crippen LogP) is 8.03. The summed E-state index contributed by atoms with van der Waals surface area (Å²) < 4.78 is 11.7. The first-order valence-electron chi connectivity index (χ1n) is 14.8. The normalized spacial score (nSPS) is 17.2. The lowest BCUT2D eigenvalue weighted by molar-refractivity contribution is -0.148. The van der Waals surface area contributed by atoms with E-state index in [-0.39, 0.29) is 30.3 Å². The molecule has 0 bridgehead atoms. The number of rotatable bonds is 13. The Morgan fingerprint density at radius 1 is 1.24 bits per heavy atom. The summed E-state index contributed by atoms with van der Waals surface area (Å²) in [7, 11) is 0. The average molecular weight is 575 g/mol. The van der Waals surface area contributed by atoms with E-state index >= 15 is 0 Å². The number of amides is 1.